The molecule has 2 aromatic rings. The minimum Gasteiger partial charge on any atom is -0.331 e. The average Bonchev–Trinajstić information content (AvgIpc) is 2.33. The standard InChI is InChI=1S/C13H11BrClN3S/c1-8-3-2-4-12(16-8)18-13(19)17-11-6-5-9(14)7-10(11)15/h2-7H,1H3,(H2,16,17,18,19). The van der Waals surface area contributed by atoms with Gasteiger partial charge in [-0.25, -0.2) is 4.98 Å². The molecule has 1 heterocycles. The summed E-state index contributed by atoms with van der Waals surface area (Å²) in [6.07, 6.45) is 0. The zero-order valence-electron chi connectivity index (χ0n) is 10.1. The zero-order chi connectivity index (χ0) is 13.8. The van der Waals surface area contributed by atoms with Crippen molar-refractivity contribution in [3.05, 3.63) is 51.6 Å². The third kappa shape index (κ3) is 4.16. The predicted molar refractivity (Wildman–Crippen MR) is 88.0 cm³/mol. The van der Waals surface area contributed by atoms with E-state index in [1.165, 1.54) is 0 Å². The molecule has 2 rings (SSSR count). The summed E-state index contributed by atoms with van der Waals surface area (Å²) >= 11 is 14.7. The second kappa shape index (κ2) is 6.32. The number of halogens is 2. The van der Waals surface area contributed by atoms with Crippen LogP contribution in [0.2, 0.25) is 5.02 Å². The van der Waals surface area contributed by atoms with Crippen LogP contribution in [0.15, 0.2) is 40.9 Å². The van der Waals surface area contributed by atoms with Gasteiger partial charge in [0, 0.05) is 10.2 Å². The van der Waals surface area contributed by atoms with Crippen molar-refractivity contribution < 1.29 is 0 Å². The van der Waals surface area contributed by atoms with Crippen molar-refractivity contribution in [1.29, 1.82) is 0 Å². The summed E-state index contributed by atoms with van der Waals surface area (Å²) in [4.78, 5) is 4.31. The highest BCUT2D eigenvalue weighted by molar-refractivity contribution is 9.10. The molecular formula is C13H11BrClN3S. The molecule has 0 aliphatic heterocycles. The normalized spacial score (nSPS) is 10.1. The van der Waals surface area contributed by atoms with Gasteiger partial charge in [-0.3, -0.25) is 0 Å². The molecular weight excluding hydrogens is 346 g/mol. The summed E-state index contributed by atoms with van der Waals surface area (Å²) in [7, 11) is 0. The Morgan fingerprint density at radius 3 is 2.74 bits per heavy atom. The smallest absolute Gasteiger partial charge is 0.176 e. The number of anilines is 2. The molecule has 3 nitrogen and oxygen atoms in total. The number of nitrogens with zero attached hydrogens (tertiary/aromatic N) is 1. The Hall–Kier alpha value is -1.17. The zero-order valence-corrected chi connectivity index (χ0v) is 13.2. The van der Waals surface area contributed by atoms with Gasteiger partial charge in [-0.2, -0.15) is 0 Å². The van der Waals surface area contributed by atoms with E-state index in [1.54, 1.807) is 6.07 Å². The Balaban J connectivity index is 2.05. The van der Waals surface area contributed by atoms with E-state index in [-0.39, 0.29) is 0 Å². The third-order valence-corrected chi connectivity index (χ3v) is 3.32. The minimum absolute atomic E-state index is 0.447. The predicted octanol–water partition coefficient (Wildman–Crippen LogP) is 4.61. The van der Waals surface area contributed by atoms with Crippen LogP contribution in [0.1, 0.15) is 5.69 Å². The van der Waals surface area contributed by atoms with Crippen molar-refractivity contribution in [2.45, 2.75) is 6.92 Å². The lowest BCUT2D eigenvalue weighted by Crippen LogP contribution is -2.20. The lowest BCUT2D eigenvalue weighted by atomic mass is 10.3. The quantitative estimate of drug-likeness (QED) is 0.770. The minimum atomic E-state index is 0.447. The van der Waals surface area contributed by atoms with E-state index in [0.717, 1.165) is 15.9 Å². The van der Waals surface area contributed by atoms with Gasteiger partial charge in [-0.15, -0.1) is 0 Å². The number of hydrogen-bond donors (Lipinski definition) is 2. The van der Waals surface area contributed by atoms with Gasteiger partial charge in [0.05, 0.1) is 10.7 Å². The van der Waals surface area contributed by atoms with Gasteiger partial charge in [-0.1, -0.05) is 33.6 Å². The molecule has 0 radical (unpaired) electrons. The van der Waals surface area contributed by atoms with Crippen LogP contribution in [0.25, 0.3) is 0 Å². The van der Waals surface area contributed by atoms with Crippen molar-refractivity contribution in [2.75, 3.05) is 10.6 Å². The van der Waals surface area contributed by atoms with E-state index in [4.69, 9.17) is 23.8 Å². The molecule has 2 N–H and O–H groups in total. The molecule has 0 bridgehead atoms. The number of aromatic nitrogens is 1. The first-order chi connectivity index (χ1) is 9.04. The van der Waals surface area contributed by atoms with Crippen molar-refractivity contribution in [3.8, 4) is 0 Å². The Morgan fingerprint density at radius 2 is 2.05 bits per heavy atom. The summed E-state index contributed by atoms with van der Waals surface area (Å²) in [6, 6.07) is 11.2. The highest BCUT2D eigenvalue weighted by atomic mass is 79.9. The lowest BCUT2D eigenvalue weighted by Gasteiger charge is -2.11. The van der Waals surface area contributed by atoms with E-state index in [1.807, 2.05) is 37.3 Å². The molecule has 0 amide bonds. The fourth-order valence-electron chi connectivity index (χ4n) is 1.47. The molecule has 0 saturated heterocycles. The van der Waals surface area contributed by atoms with Crippen molar-refractivity contribution in [3.63, 3.8) is 0 Å². The number of aryl methyl sites for hydroxylation is 1. The monoisotopic (exact) mass is 355 g/mol. The number of rotatable bonds is 2. The molecule has 0 aliphatic rings. The molecule has 1 aromatic carbocycles. The molecule has 0 aliphatic carbocycles. The molecule has 0 saturated carbocycles. The van der Waals surface area contributed by atoms with E-state index in [2.05, 4.69) is 31.5 Å². The Kier molecular flexibility index (Phi) is 4.74. The Morgan fingerprint density at radius 1 is 1.26 bits per heavy atom. The molecule has 98 valence electrons. The highest BCUT2D eigenvalue weighted by Gasteiger charge is 2.04. The summed E-state index contributed by atoms with van der Waals surface area (Å²) in [5, 5.41) is 7.08. The second-order valence-corrected chi connectivity index (χ2v) is 5.60. The number of hydrogen-bond acceptors (Lipinski definition) is 2. The molecule has 1 aromatic heterocycles. The van der Waals surface area contributed by atoms with Crippen LogP contribution < -0.4 is 10.6 Å². The maximum atomic E-state index is 6.11. The number of nitrogens with one attached hydrogen (secondary N) is 2. The molecule has 6 heteroatoms. The van der Waals surface area contributed by atoms with Crippen LogP contribution in [-0.4, -0.2) is 10.1 Å². The lowest BCUT2D eigenvalue weighted by molar-refractivity contribution is 1.21. The van der Waals surface area contributed by atoms with Gasteiger partial charge in [0.15, 0.2) is 5.11 Å². The van der Waals surface area contributed by atoms with Crippen LogP contribution in [0.3, 0.4) is 0 Å². The Labute approximate surface area is 130 Å². The molecule has 0 atom stereocenters. The van der Waals surface area contributed by atoms with Crippen LogP contribution >= 0.6 is 39.7 Å². The largest absolute Gasteiger partial charge is 0.331 e. The second-order valence-electron chi connectivity index (χ2n) is 3.87. The molecule has 0 fully saturated rings. The van der Waals surface area contributed by atoms with E-state index >= 15 is 0 Å². The molecule has 0 unspecified atom stereocenters. The Bertz CT molecular complexity index is 619. The maximum absolute atomic E-state index is 6.11. The summed E-state index contributed by atoms with van der Waals surface area (Å²) in [5.41, 5.74) is 1.67. The van der Waals surface area contributed by atoms with Gasteiger partial charge >= 0.3 is 0 Å². The van der Waals surface area contributed by atoms with Gasteiger partial charge < -0.3 is 10.6 Å². The summed E-state index contributed by atoms with van der Waals surface area (Å²) in [6.45, 7) is 1.92. The molecule has 0 spiro atoms. The third-order valence-electron chi connectivity index (χ3n) is 2.31. The van der Waals surface area contributed by atoms with Crippen LogP contribution in [-0.2, 0) is 0 Å². The topological polar surface area (TPSA) is 37.0 Å². The number of thiocarbonyl (C=S) groups is 1. The van der Waals surface area contributed by atoms with Crippen LogP contribution in [0.4, 0.5) is 11.5 Å². The number of benzene rings is 1. The fourth-order valence-corrected chi connectivity index (χ4v) is 2.41. The summed E-state index contributed by atoms with van der Waals surface area (Å²) in [5.74, 6) is 0.700. The van der Waals surface area contributed by atoms with E-state index in [9.17, 15) is 0 Å². The average molecular weight is 357 g/mol. The summed E-state index contributed by atoms with van der Waals surface area (Å²) < 4.78 is 0.919. The SMILES string of the molecule is Cc1cccc(NC(=S)Nc2ccc(Br)cc2Cl)n1. The number of pyridine rings is 1. The fraction of sp³-hybridized carbons (Fsp3) is 0.0769. The van der Waals surface area contributed by atoms with Gasteiger partial charge in [0.25, 0.3) is 0 Å². The van der Waals surface area contributed by atoms with Crippen LogP contribution in [0, 0.1) is 6.92 Å². The van der Waals surface area contributed by atoms with Crippen molar-refractivity contribution in [1.82, 2.24) is 4.98 Å². The van der Waals surface area contributed by atoms with E-state index in [0.29, 0.717) is 16.0 Å². The first-order valence-corrected chi connectivity index (χ1v) is 7.09. The van der Waals surface area contributed by atoms with Crippen molar-refractivity contribution in [2.24, 2.45) is 0 Å². The van der Waals surface area contributed by atoms with Gasteiger partial charge in [-0.05, 0) is 49.5 Å². The molecule has 19 heavy (non-hydrogen) atoms. The first-order valence-electron chi connectivity index (χ1n) is 5.51. The van der Waals surface area contributed by atoms with Gasteiger partial charge in [0.1, 0.15) is 5.82 Å². The first kappa shape index (κ1) is 14.2. The van der Waals surface area contributed by atoms with E-state index < -0.39 is 0 Å². The maximum Gasteiger partial charge on any atom is 0.176 e. The highest BCUT2D eigenvalue weighted by Crippen LogP contribution is 2.25. The van der Waals surface area contributed by atoms with Crippen LogP contribution in [0.5, 0.6) is 0 Å². The van der Waals surface area contributed by atoms with Crippen molar-refractivity contribution >= 4 is 56.4 Å². The van der Waals surface area contributed by atoms with Gasteiger partial charge in [0.2, 0.25) is 0 Å².